The molecule has 2 aromatic rings. The smallest absolute Gasteiger partial charge is 0.247 e. The van der Waals surface area contributed by atoms with Gasteiger partial charge in [0.1, 0.15) is 23.7 Å². The van der Waals surface area contributed by atoms with Gasteiger partial charge in [-0.1, -0.05) is 42.0 Å². The summed E-state index contributed by atoms with van der Waals surface area (Å²) in [6.07, 6.45) is 1.90. The molecule has 0 saturated carbocycles. The number of aliphatic hydroxyl groups excluding tert-OH is 2. The fourth-order valence-corrected chi connectivity index (χ4v) is 5.08. The molecule has 2 aliphatic rings. The highest BCUT2D eigenvalue weighted by Gasteiger charge is 2.50. The molecule has 2 aromatic carbocycles. The van der Waals surface area contributed by atoms with Crippen LogP contribution in [-0.2, 0) is 16.0 Å². The van der Waals surface area contributed by atoms with Gasteiger partial charge < -0.3 is 29.9 Å². The Morgan fingerprint density at radius 3 is 2.59 bits per heavy atom. The number of methoxy groups -OCH3 is 1. The van der Waals surface area contributed by atoms with Crippen molar-refractivity contribution < 1.29 is 29.3 Å². The van der Waals surface area contributed by atoms with Crippen LogP contribution in [0.25, 0.3) is 0 Å². The van der Waals surface area contributed by atoms with Gasteiger partial charge in [-0.2, -0.15) is 0 Å². The maximum absolute atomic E-state index is 13.4. The van der Waals surface area contributed by atoms with E-state index in [1.807, 2.05) is 62.4 Å². The highest BCUT2D eigenvalue weighted by Crippen LogP contribution is 2.47. The maximum Gasteiger partial charge on any atom is 0.247 e. The molecule has 0 saturated heterocycles. The van der Waals surface area contributed by atoms with Crippen molar-refractivity contribution in [2.24, 2.45) is 0 Å². The number of rotatable bonds is 9. The second-order valence-corrected chi connectivity index (χ2v) is 9.50. The van der Waals surface area contributed by atoms with Crippen molar-refractivity contribution in [3.05, 3.63) is 83.0 Å². The zero-order valence-corrected chi connectivity index (χ0v) is 21.4. The van der Waals surface area contributed by atoms with E-state index in [-0.39, 0.29) is 31.5 Å². The lowest BCUT2D eigenvalue weighted by molar-refractivity contribution is -0.132. The Labute approximate surface area is 217 Å². The fraction of sp³-hybridized carbons (Fsp3) is 0.379. The topological polar surface area (TPSA) is 108 Å². The molecule has 2 amide bonds. The van der Waals surface area contributed by atoms with Crippen molar-refractivity contribution in [3.63, 3.8) is 0 Å². The SMILES string of the molecule is COc1ccccc1CCN(C(=O)C=C(C)C)[C@@H]1C=C(C(=O)NCCO)[C@@H]2c3ccccc3O[C@@H]2[C@H]1O. The van der Waals surface area contributed by atoms with Gasteiger partial charge in [0.2, 0.25) is 11.8 Å². The molecule has 1 aliphatic heterocycles. The van der Waals surface area contributed by atoms with Crippen LogP contribution in [0.4, 0.5) is 0 Å². The molecule has 8 nitrogen and oxygen atoms in total. The summed E-state index contributed by atoms with van der Waals surface area (Å²) >= 11 is 0. The molecular formula is C29H34N2O6. The first-order valence-electron chi connectivity index (χ1n) is 12.5. The Morgan fingerprint density at radius 1 is 1.14 bits per heavy atom. The highest BCUT2D eigenvalue weighted by molar-refractivity contribution is 5.96. The van der Waals surface area contributed by atoms with Crippen LogP contribution in [-0.4, -0.2) is 72.0 Å². The van der Waals surface area contributed by atoms with Crippen LogP contribution < -0.4 is 14.8 Å². The number of allylic oxidation sites excluding steroid dienone is 1. The molecule has 0 radical (unpaired) electrons. The van der Waals surface area contributed by atoms with Gasteiger partial charge in [-0.05, 0) is 44.0 Å². The van der Waals surface area contributed by atoms with Crippen molar-refractivity contribution in [2.45, 2.75) is 44.4 Å². The summed E-state index contributed by atoms with van der Waals surface area (Å²) < 4.78 is 11.6. The number of ether oxygens (including phenoxy) is 2. The predicted molar refractivity (Wildman–Crippen MR) is 139 cm³/mol. The minimum absolute atomic E-state index is 0.0947. The third-order valence-electron chi connectivity index (χ3n) is 6.75. The van der Waals surface area contributed by atoms with E-state index in [1.165, 1.54) is 6.08 Å². The molecule has 0 spiro atoms. The number of carbonyl (C=O) groups excluding carboxylic acids is 2. The lowest BCUT2D eigenvalue weighted by atomic mass is 9.77. The average molecular weight is 507 g/mol. The number of carbonyl (C=O) groups is 2. The Morgan fingerprint density at radius 2 is 1.86 bits per heavy atom. The van der Waals surface area contributed by atoms with Crippen LogP contribution in [0.1, 0.15) is 30.9 Å². The second kappa shape index (κ2) is 11.6. The molecule has 3 N–H and O–H groups in total. The van der Waals surface area contributed by atoms with E-state index in [0.29, 0.717) is 17.7 Å². The molecule has 0 unspecified atom stereocenters. The number of nitrogens with one attached hydrogen (secondary N) is 1. The quantitative estimate of drug-likeness (QED) is 0.451. The van der Waals surface area contributed by atoms with Crippen LogP contribution in [0.3, 0.4) is 0 Å². The summed E-state index contributed by atoms with van der Waals surface area (Å²) in [6.45, 7) is 3.86. The van der Waals surface area contributed by atoms with Crippen molar-refractivity contribution >= 4 is 11.8 Å². The zero-order valence-electron chi connectivity index (χ0n) is 21.4. The van der Waals surface area contributed by atoms with Crippen molar-refractivity contribution in [1.29, 1.82) is 0 Å². The number of para-hydroxylation sites is 2. The first-order valence-corrected chi connectivity index (χ1v) is 12.5. The third-order valence-corrected chi connectivity index (χ3v) is 6.75. The van der Waals surface area contributed by atoms with Gasteiger partial charge in [0.25, 0.3) is 0 Å². The van der Waals surface area contributed by atoms with E-state index in [2.05, 4.69) is 5.32 Å². The molecular weight excluding hydrogens is 472 g/mol. The molecule has 4 rings (SSSR count). The highest BCUT2D eigenvalue weighted by atomic mass is 16.5. The van der Waals surface area contributed by atoms with Crippen LogP contribution in [0.15, 0.2) is 71.8 Å². The number of hydrogen-bond acceptors (Lipinski definition) is 6. The zero-order chi connectivity index (χ0) is 26.5. The van der Waals surface area contributed by atoms with Crippen LogP contribution in [0.5, 0.6) is 11.5 Å². The summed E-state index contributed by atoms with van der Waals surface area (Å²) in [5, 5.41) is 23.5. The minimum Gasteiger partial charge on any atom is -0.496 e. The normalized spacial score (nSPS) is 21.6. The summed E-state index contributed by atoms with van der Waals surface area (Å²) in [7, 11) is 1.60. The minimum atomic E-state index is -1.07. The van der Waals surface area contributed by atoms with Gasteiger partial charge in [0.05, 0.1) is 25.7 Å². The fourth-order valence-electron chi connectivity index (χ4n) is 5.08. The predicted octanol–water partition coefficient (Wildman–Crippen LogP) is 2.36. The molecule has 0 bridgehead atoms. The van der Waals surface area contributed by atoms with E-state index in [9.17, 15) is 19.8 Å². The number of fused-ring (bicyclic) bond motifs is 3. The number of benzene rings is 2. The Hall–Kier alpha value is -3.62. The van der Waals surface area contributed by atoms with E-state index in [4.69, 9.17) is 9.47 Å². The van der Waals surface area contributed by atoms with E-state index in [0.717, 1.165) is 22.4 Å². The van der Waals surface area contributed by atoms with Crippen LogP contribution in [0, 0.1) is 0 Å². The van der Waals surface area contributed by atoms with E-state index in [1.54, 1.807) is 18.1 Å². The maximum atomic E-state index is 13.4. The van der Waals surface area contributed by atoms with Gasteiger partial charge in [-0.3, -0.25) is 9.59 Å². The number of hydrogen-bond donors (Lipinski definition) is 3. The molecule has 4 atom stereocenters. The summed E-state index contributed by atoms with van der Waals surface area (Å²) in [4.78, 5) is 28.3. The van der Waals surface area contributed by atoms with Crippen LogP contribution in [0.2, 0.25) is 0 Å². The van der Waals surface area contributed by atoms with Gasteiger partial charge >= 0.3 is 0 Å². The van der Waals surface area contributed by atoms with Crippen molar-refractivity contribution in [3.8, 4) is 11.5 Å². The molecule has 196 valence electrons. The number of aliphatic hydroxyl groups is 2. The largest absolute Gasteiger partial charge is 0.496 e. The van der Waals surface area contributed by atoms with Crippen molar-refractivity contribution in [2.75, 3.05) is 26.8 Å². The number of nitrogens with zero attached hydrogens (tertiary/aromatic N) is 1. The average Bonchev–Trinajstić information content (AvgIpc) is 3.28. The van der Waals surface area contributed by atoms with Gasteiger partial charge in [0, 0.05) is 30.3 Å². The lowest BCUT2D eigenvalue weighted by Crippen LogP contribution is -2.56. The summed E-state index contributed by atoms with van der Waals surface area (Å²) in [6, 6.07) is 14.2. The molecule has 1 heterocycles. The van der Waals surface area contributed by atoms with Gasteiger partial charge in [-0.25, -0.2) is 0 Å². The molecule has 1 aliphatic carbocycles. The lowest BCUT2D eigenvalue weighted by Gasteiger charge is -2.40. The van der Waals surface area contributed by atoms with Crippen LogP contribution >= 0.6 is 0 Å². The van der Waals surface area contributed by atoms with E-state index < -0.39 is 24.2 Å². The molecule has 37 heavy (non-hydrogen) atoms. The summed E-state index contributed by atoms with van der Waals surface area (Å²) in [5.74, 6) is 0.209. The monoisotopic (exact) mass is 506 g/mol. The third kappa shape index (κ3) is 5.55. The Bertz CT molecular complexity index is 1200. The Kier molecular flexibility index (Phi) is 8.31. The molecule has 0 aromatic heterocycles. The first-order chi connectivity index (χ1) is 17.8. The molecule has 8 heteroatoms. The Balaban J connectivity index is 1.73. The van der Waals surface area contributed by atoms with Crippen molar-refractivity contribution in [1.82, 2.24) is 10.2 Å². The standard InChI is InChI=1S/C29H34N2O6/c1-18(2)16-25(33)31(14-12-19-8-4-6-10-23(19)36-3)22-17-21(29(35)30-13-15-32)26-20-9-5-7-11-24(20)37-28(26)27(22)34/h4-11,16-17,22,26-28,32,34H,12-15H2,1-3H3,(H,30,35)/t22-,26+,27+,28+/m1/s1. The number of amides is 2. The van der Waals surface area contributed by atoms with E-state index >= 15 is 0 Å². The second-order valence-electron chi connectivity index (χ2n) is 9.50. The van der Waals surface area contributed by atoms with Gasteiger partial charge in [-0.15, -0.1) is 0 Å². The van der Waals surface area contributed by atoms with Gasteiger partial charge in [0.15, 0.2) is 0 Å². The molecule has 0 fully saturated rings. The first kappa shape index (κ1) is 26.4. The summed E-state index contributed by atoms with van der Waals surface area (Å²) in [5.41, 5.74) is 2.97.